The smallest absolute Gasteiger partial charge is 0.323 e. The van der Waals surface area contributed by atoms with Gasteiger partial charge in [0.25, 0.3) is 0 Å². The Morgan fingerprint density at radius 3 is 1.46 bits per heavy atom. The summed E-state index contributed by atoms with van der Waals surface area (Å²) in [6.07, 6.45) is 18.0. The molecule has 3 aromatic carbocycles. The molecule has 2 N–H and O–H groups in total. The van der Waals surface area contributed by atoms with Crippen LogP contribution in [0.15, 0.2) is 60.7 Å². The second-order valence-electron chi connectivity index (χ2n) is 13.1. The minimum Gasteiger partial charge on any atom is -0.494 e. The molecule has 262 valence electrons. The SMILES string of the molecule is CCCCCCCCCCCCOc1ccc(NC(=O)Nc2cc3cc(c2)CSCc2cc(cc(OCCCCCC)c2)CSC3)cc1. The van der Waals surface area contributed by atoms with Crippen molar-refractivity contribution in [2.75, 3.05) is 23.8 Å². The van der Waals surface area contributed by atoms with Gasteiger partial charge in [-0.05, 0) is 83.6 Å². The van der Waals surface area contributed by atoms with Crippen molar-refractivity contribution in [1.29, 1.82) is 0 Å². The van der Waals surface area contributed by atoms with Crippen LogP contribution in [-0.4, -0.2) is 19.2 Å². The third-order valence-corrected chi connectivity index (χ3v) is 10.7. The number of amides is 2. The number of urea groups is 1. The topological polar surface area (TPSA) is 59.6 Å². The van der Waals surface area contributed by atoms with E-state index in [9.17, 15) is 4.79 Å². The van der Waals surface area contributed by atoms with E-state index in [1.807, 2.05) is 47.8 Å². The van der Waals surface area contributed by atoms with Gasteiger partial charge in [0.2, 0.25) is 0 Å². The lowest BCUT2D eigenvalue weighted by atomic mass is 10.1. The van der Waals surface area contributed by atoms with Gasteiger partial charge in [0.1, 0.15) is 11.5 Å². The Morgan fingerprint density at radius 2 is 0.938 bits per heavy atom. The zero-order chi connectivity index (χ0) is 33.7. The molecule has 5 nitrogen and oxygen atoms in total. The van der Waals surface area contributed by atoms with E-state index in [1.54, 1.807) is 0 Å². The first-order valence-electron chi connectivity index (χ1n) is 18.5. The van der Waals surface area contributed by atoms with E-state index in [0.29, 0.717) is 0 Å². The number of carbonyl (C=O) groups is 1. The number of thioether (sulfide) groups is 2. The Balaban J connectivity index is 1.19. The highest BCUT2D eigenvalue weighted by Gasteiger charge is 2.10. The molecule has 0 aliphatic carbocycles. The maximum atomic E-state index is 13.0. The largest absolute Gasteiger partial charge is 0.494 e. The number of benzene rings is 3. The summed E-state index contributed by atoms with van der Waals surface area (Å²) in [5.41, 5.74) is 6.64. The third-order valence-electron chi connectivity index (χ3n) is 8.56. The molecule has 0 saturated heterocycles. The predicted molar refractivity (Wildman–Crippen MR) is 209 cm³/mol. The van der Waals surface area contributed by atoms with Gasteiger partial charge in [-0.2, -0.15) is 23.5 Å². The minimum atomic E-state index is -0.240. The standard InChI is InChI=1S/C41H58N2O3S2/c1-3-5-7-9-10-11-12-13-14-16-21-45-39-19-17-37(18-20-39)42-41(44)43-38-25-33-23-34(26-38)30-48-32-36-24-35(31-47-29-33)27-40(28-36)46-22-15-8-6-4-2/h17-20,23-28H,3-16,21-22,29-32H2,1-2H3,(H2,42,43,44). The monoisotopic (exact) mass is 690 g/mol. The van der Waals surface area contributed by atoms with Gasteiger partial charge < -0.3 is 20.1 Å². The normalized spacial score (nSPS) is 12.9. The number of carbonyl (C=O) groups excluding carboxylic acids is 1. The quantitative estimate of drug-likeness (QED) is 0.116. The van der Waals surface area contributed by atoms with E-state index in [-0.39, 0.29) is 6.03 Å². The van der Waals surface area contributed by atoms with Crippen LogP contribution in [0.2, 0.25) is 0 Å². The Morgan fingerprint density at radius 1 is 0.521 bits per heavy atom. The van der Waals surface area contributed by atoms with Gasteiger partial charge in [0, 0.05) is 34.4 Å². The van der Waals surface area contributed by atoms with E-state index < -0.39 is 0 Å². The molecule has 0 radical (unpaired) electrons. The molecule has 0 aromatic heterocycles. The first kappa shape index (κ1) is 38.0. The number of hydrogen-bond acceptors (Lipinski definition) is 5. The molecule has 3 aromatic rings. The number of hydrogen-bond donors (Lipinski definition) is 2. The van der Waals surface area contributed by atoms with Crippen molar-refractivity contribution >= 4 is 40.9 Å². The summed E-state index contributed by atoms with van der Waals surface area (Å²) in [5, 5.41) is 6.05. The molecule has 1 heterocycles. The maximum Gasteiger partial charge on any atom is 0.323 e. The van der Waals surface area contributed by atoms with Gasteiger partial charge in [-0.15, -0.1) is 0 Å². The zero-order valence-electron chi connectivity index (χ0n) is 29.5. The molecule has 2 amide bonds. The molecule has 0 fully saturated rings. The molecule has 0 unspecified atom stereocenters. The second-order valence-corrected chi connectivity index (χ2v) is 15.0. The van der Waals surface area contributed by atoms with Crippen LogP contribution in [0.5, 0.6) is 11.5 Å². The van der Waals surface area contributed by atoms with E-state index in [0.717, 1.165) is 71.9 Å². The molecule has 48 heavy (non-hydrogen) atoms. The van der Waals surface area contributed by atoms with E-state index in [2.05, 4.69) is 60.9 Å². The molecule has 1 aliphatic rings. The summed E-state index contributed by atoms with van der Waals surface area (Å²) in [6, 6.07) is 20.6. The van der Waals surface area contributed by atoms with Crippen LogP contribution in [0.3, 0.4) is 0 Å². The fourth-order valence-corrected chi connectivity index (χ4v) is 7.79. The van der Waals surface area contributed by atoms with Crippen LogP contribution in [0.25, 0.3) is 0 Å². The van der Waals surface area contributed by atoms with Crippen LogP contribution in [0.4, 0.5) is 16.2 Å². The van der Waals surface area contributed by atoms with Gasteiger partial charge in [-0.3, -0.25) is 0 Å². The van der Waals surface area contributed by atoms with Gasteiger partial charge in [0.15, 0.2) is 0 Å². The Labute approximate surface area is 299 Å². The lowest BCUT2D eigenvalue weighted by Crippen LogP contribution is -2.19. The molecule has 7 heteroatoms. The molecule has 1 aliphatic heterocycles. The van der Waals surface area contributed by atoms with Crippen molar-refractivity contribution in [2.45, 2.75) is 127 Å². The summed E-state index contributed by atoms with van der Waals surface area (Å²) in [4.78, 5) is 13.0. The number of anilines is 2. The van der Waals surface area contributed by atoms with E-state index in [1.165, 1.54) is 99.3 Å². The van der Waals surface area contributed by atoms with Crippen molar-refractivity contribution in [3.8, 4) is 11.5 Å². The first-order chi connectivity index (χ1) is 23.6. The van der Waals surface area contributed by atoms with Crippen molar-refractivity contribution in [3.05, 3.63) is 82.9 Å². The number of fused-ring (bicyclic) bond motifs is 4. The fraction of sp³-hybridized carbons (Fsp3) is 0.537. The number of rotatable bonds is 20. The Kier molecular flexibility index (Phi) is 18.1. The molecular weight excluding hydrogens is 633 g/mol. The summed E-state index contributed by atoms with van der Waals surface area (Å²) in [5.74, 6) is 5.46. The summed E-state index contributed by atoms with van der Waals surface area (Å²) in [6.45, 7) is 6.03. The van der Waals surface area contributed by atoms with E-state index in [4.69, 9.17) is 9.47 Å². The summed E-state index contributed by atoms with van der Waals surface area (Å²) >= 11 is 3.80. The van der Waals surface area contributed by atoms with Crippen LogP contribution >= 0.6 is 23.5 Å². The highest BCUT2D eigenvalue weighted by Crippen LogP contribution is 2.30. The highest BCUT2D eigenvalue weighted by atomic mass is 32.2. The number of unbranched alkanes of at least 4 members (excludes halogenated alkanes) is 12. The number of nitrogens with one attached hydrogen (secondary N) is 2. The summed E-state index contributed by atoms with van der Waals surface area (Å²) in [7, 11) is 0. The zero-order valence-corrected chi connectivity index (χ0v) is 31.1. The molecule has 4 bridgehead atoms. The molecule has 4 rings (SSSR count). The van der Waals surface area contributed by atoms with Crippen LogP contribution in [0, 0.1) is 0 Å². The van der Waals surface area contributed by atoms with Crippen LogP contribution in [0.1, 0.15) is 126 Å². The van der Waals surface area contributed by atoms with Crippen molar-refractivity contribution in [1.82, 2.24) is 0 Å². The van der Waals surface area contributed by atoms with Gasteiger partial charge >= 0.3 is 6.03 Å². The van der Waals surface area contributed by atoms with E-state index >= 15 is 0 Å². The fourth-order valence-electron chi connectivity index (χ4n) is 5.98. The molecule has 0 saturated carbocycles. The second kappa shape index (κ2) is 22.8. The van der Waals surface area contributed by atoms with Crippen LogP contribution in [-0.2, 0) is 23.0 Å². The predicted octanol–water partition coefficient (Wildman–Crippen LogP) is 12.8. The average Bonchev–Trinajstić information content (AvgIpc) is 3.07. The summed E-state index contributed by atoms with van der Waals surface area (Å²) < 4.78 is 12.1. The molecule has 0 spiro atoms. The molecular formula is C41H58N2O3S2. The van der Waals surface area contributed by atoms with Crippen molar-refractivity contribution in [3.63, 3.8) is 0 Å². The van der Waals surface area contributed by atoms with Gasteiger partial charge in [-0.1, -0.05) is 103 Å². The average molecular weight is 691 g/mol. The Hall–Kier alpha value is -2.77. The number of ether oxygens (including phenoxy) is 2. The van der Waals surface area contributed by atoms with Gasteiger partial charge in [-0.25, -0.2) is 4.79 Å². The lowest BCUT2D eigenvalue weighted by Gasteiger charge is -2.15. The lowest BCUT2D eigenvalue weighted by molar-refractivity contribution is 0.262. The van der Waals surface area contributed by atoms with Gasteiger partial charge in [0.05, 0.1) is 13.2 Å². The van der Waals surface area contributed by atoms with Crippen molar-refractivity contribution in [2.24, 2.45) is 0 Å². The Bertz CT molecular complexity index is 1300. The third kappa shape index (κ3) is 15.2. The molecule has 0 atom stereocenters. The maximum absolute atomic E-state index is 13.0. The first-order valence-corrected chi connectivity index (χ1v) is 20.8. The highest BCUT2D eigenvalue weighted by molar-refractivity contribution is 7.98. The van der Waals surface area contributed by atoms with Crippen molar-refractivity contribution < 1.29 is 14.3 Å². The van der Waals surface area contributed by atoms with Crippen LogP contribution < -0.4 is 20.1 Å². The minimum absolute atomic E-state index is 0.240.